The highest BCUT2D eigenvalue weighted by atomic mass is 32.2. The molecular formula is C25H31N3O2S. The Morgan fingerprint density at radius 3 is 2.19 bits per heavy atom. The van der Waals surface area contributed by atoms with Gasteiger partial charge in [-0.15, -0.1) is 0 Å². The van der Waals surface area contributed by atoms with Crippen LogP contribution in [0.1, 0.15) is 26.3 Å². The molecule has 0 radical (unpaired) electrons. The average Bonchev–Trinajstić information content (AvgIpc) is 3.19. The number of rotatable bonds is 5. The van der Waals surface area contributed by atoms with Gasteiger partial charge in [-0.05, 0) is 55.3 Å². The van der Waals surface area contributed by atoms with Crippen LogP contribution in [0.2, 0.25) is 0 Å². The first-order chi connectivity index (χ1) is 14.7. The summed E-state index contributed by atoms with van der Waals surface area (Å²) in [6, 6.07) is 14.4. The maximum Gasteiger partial charge on any atom is 0.175 e. The fraction of sp³-hybridized carbons (Fsp3) is 0.400. The van der Waals surface area contributed by atoms with Gasteiger partial charge in [-0.3, -0.25) is 9.89 Å². The van der Waals surface area contributed by atoms with E-state index < -0.39 is 9.84 Å². The van der Waals surface area contributed by atoms with E-state index in [2.05, 4.69) is 65.9 Å². The van der Waals surface area contributed by atoms with Crippen molar-refractivity contribution in [1.29, 1.82) is 0 Å². The van der Waals surface area contributed by atoms with E-state index in [-0.39, 0.29) is 5.92 Å². The maximum atomic E-state index is 12.2. The van der Waals surface area contributed by atoms with Gasteiger partial charge in [0.25, 0.3) is 0 Å². The van der Waals surface area contributed by atoms with E-state index in [9.17, 15) is 8.42 Å². The second kappa shape index (κ2) is 8.60. The highest BCUT2D eigenvalue weighted by molar-refractivity contribution is 7.90. The van der Waals surface area contributed by atoms with Crippen LogP contribution in [0.25, 0.3) is 16.8 Å². The number of nitrogens with zero attached hydrogens (tertiary/aromatic N) is 3. The third-order valence-electron chi connectivity index (χ3n) is 6.15. The summed E-state index contributed by atoms with van der Waals surface area (Å²) >= 11 is 0. The number of hydrogen-bond acceptors (Lipinski definition) is 5. The highest BCUT2D eigenvalue weighted by Gasteiger charge is 2.20. The van der Waals surface area contributed by atoms with Crippen LogP contribution in [-0.4, -0.2) is 58.0 Å². The van der Waals surface area contributed by atoms with Crippen LogP contribution in [0.4, 0.5) is 5.69 Å². The third kappa shape index (κ3) is 4.75. The first kappa shape index (κ1) is 21.8. The molecule has 5 nitrogen and oxygen atoms in total. The van der Waals surface area contributed by atoms with Crippen LogP contribution in [0.5, 0.6) is 0 Å². The molecule has 2 aromatic carbocycles. The number of sulfone groups is 1. The Bertz CT molecular complexity index is 1110. The van der Waals surface area contributed by atoms with Crippen molar-refractivity contribution >= 4 is 27.4 Å². The summed E-state index contributed by atoms with van der Waals surface area (Å²) in [6.07, 6.45) is 5.28. The van der Waals surface area contributed by atoms with Crippen molar-refractivity contribution in [1.82, 2.24) is 4.90 Å². The molecule has 0 aromatic heterocycles. The van der Waals surface area contributed by atoms with Gasteiger partial charge >= 0.3 is 0 Å². The summed E-state index contributed by atoms with van der Waals surface area (Å²) in [5.74, 6) is 0.282. The van der Waals surface area contributed by atoms with Gasteiger partial charge in [-0.2, -0.15) is 0 Å². The summed E-state index contributed by atoms with van der Waals surface area (Å²) in [5, 5.41) is 0. The zero-order chi connectivity index (χ0) is 22.2. The molecule has 4 rings (SSSR count). The summed E-state index contributed by atoms with van der Waals surface area (Å²) in [5.41, 5.74) is 4.97. The molecule has 2 heterocycles. The van der Waals surface area contributed by atoms with Crippen molar-refractivity contribution in [2.24, 2.45) is 10.9 Å². The summed E-state index contributed by atoms with van der Waals surface area (Å²) in [6.45, 7) is 10.8. The molecule has 2 aliphatic heterocycles. The van der Waals surface area contributed by atoms with Gasteiger partial charge < -0.3 is 4.90 Å². The number of aliphatic imine (C=N–C) groups is 1. The lowest BCUT2D eigenvalue weighted by atomic mass is 9.97. The summed E-state index contributed by atoms with van der Waals surface area (Å²) in [7, 11) is -3.29. The Kier molecular flexibility index (Phi) is 6.04. The summed E-state index contributed by atoms with van der Waals surface area (Å²) < 4.78 is 24.4. The van der Waals surface area contributed by atoms with Crippen LogP contribution >= 0.6 is 0 Å². The molecule has 0 saturated carbocycles. The average molecular weight is 438 g/mol. The Balaban J connectivity index is 1.65. The Hall–Kier alpha value is -2.44. The number of piperazine rings is 1. The fourth-order valence-electron chi connectivity index (χ4n) is 4.26. The summed E-state index contributed by atoms with van der Waals surface area (Å²) in [4.78, 5) is 9.80. The second-order valence-corrected chi connectivity index (χ2v) is 10.8. The first-order valence-corrected chi connectivity index (χ1v) is 12.8. The zero-order valence-corrected chi connectivity index (χ0v) is 19.6. The minimum Gasteiger partial charge on any atom is -0.369 e. The molecule has 1 atom stereocenters. The Morgan fingerprint density at radius 1 is 0.968 bits per heavy atom. The second-order valence-electron chi connectivity index (χ2n) is 8.83. The van der Waals surface area contributed by atoms with E-state index >= 15 is 0 Å². The van der Waals surface area contributed by atoms with Gasteiger partial charge in [0.05, 0.1) is 10.6 Å². The lowest BCUT2D eigenvalue weighted by molar-refractivity contribution is 0.209. The van der Waals surface area contributed by atoms with E-state index in [4.69, 9.17) is 0 Å². The predicted molar refractivity (Wildman–Crippen MR) is 130 cm³/mol. The van der Waals surface area contributed by atoms with Gasteiger partial charge in [0.1, 0.15) is 0 Å². The van der Waals surface area contributed by atoms with E-state index in [1.165, 1.54) is 11.9 Å². The molecule has 164 valence electrons. The highest BCUT2D eigenvalue weighted by Crippen LogP contribution is 2.35. The normalized spacial score (nSPS) is 19.8. The molecule has 2 aromatic rings. The van der Waals surface area contributed by atoms with Crippen LogP contribution in [0.3, 0.4) is 0 Å². The van der Waals surface area contributed by atoms with Crippen LogP contribution in [0, 0.1) is 5.92 Å². The third-order valence-corrected chi connectivity index (χ3v) is 7.26. The standard InChI is InChI=1S/C25H31N3O2S/c1-18(2)27-11-13-28(14-12-27)21-7-5-20(6-8-21)24-16-22(31(4,29)30)9-10-23(24)25-15-19(3)17-26-25/h5-10,15-19H,11-14H2,1-4H3. The molecule has 0 bridgehead atoms. The molecule has 1 unspecified atom stereocenters. The van der Waals surface area contributed by atoms with Crippen LogP contribution < -0.4 is 4.90 Å². The largest absolute Gasteiger partial charge is 0.369 e. The Morgan fingerprint density at radius 2 is 1.65 bits per heavy atom. The minimum absolute atomic E-state index is 0.282. The van der Waals surface area contributed by atoms with Crippen molar-refractivity contribution < 1.29 is 8.42 Å². The first-order valence-electron chi connectivity index (χ1n) is 10.9. The molecule has 0 N–H and O–H groups in total. The quantitative estimate of drug-likeness (QED) is 0.698. The number of allylic oxidation sites excluding steroid dienone is 1. The van der Waals surface area contributed by atoms with E-state index in [1.54, 1.807) is 12.1 Å². The Labute approximate surface area is 186 Å². The van der Waals surface area contributed by atoms with Crippen molar-refractivity contribution in [2.75, 3.05) is 37.3 Å². The van der Waals surface area contributed by atoms with Gasteiger partial charge in [0, 0.05) is 61.9 Å². The van der Waals surface area contributed by atoms with Crippen molar-refractivity contribution in [3.63, 3.8) is 0 Å². The molecular weight excluding hydrogens is 406 g/mol. The monoisotopic (exact) mass is 437 g/mol. The molecule has 6 heteroatoms. The SMILES string of the molecule is CC1C=NC(c2ccc(S(C)(=O)=O)cc2-c2ccc(N3CCN(C(C)C)CC3)cc2)=C1. The van der Waals surface area contributed by atoms with Gasteiger partial charge in [-0.25, -0.2) is 8.42 Å². The lowest BCUT2D eigenvalue weighted by Gasteiger charge is -2.38. The van der Waals surface area contributed by atoms with Crippen LogP contribution in [-0.2, 0) is 9.84 Å². The van der Waals surface area contributed by atoms with E-state index in [1.807, 2.05) is 12.3 Å². The number of benzene rings is 2. The van der Waals surface area contributed by atoms with Crippen molar-refractivity contribution in [3.8, 4) is 11.1 Å². The minimum atomic E-state index is -3.29. The van der Waals surface area contributed by atoms with E-state index in [0.717, 1.165) is 48.6 Å². The van der Waals surface area contributed by atoms with E-state index in [0.29, 0.717) is 10.9 Å². The van der Waals surface area contributed by atoms with Crippen molar-refractivity contribution in [2.45, 2.75) is 31.7 Å². The zero-order valence-electron chi connectivity index (χ0n) is 18.7. The van der Waals surface area contributed by atoms with Crippen molar-refractivity contribution in [3.05, 3.63) is 54.1 Å². The fourth-order valence-corrected chi connectivity index (χ4v) is 4.90. The molecule has 0 spiro atoms. The predicted octanol–water partition coefficient (Wildman–Crippen LogP) is 4.35. The molecule has 1 saturated heterocycles. The smallest absolute Gasteiger partial charge is 0.175 e. The van der Waals surface area contributed by atoms with Gasteiger partial charge in [-0.1, -0.05) is 25.1 Å². The molecule has 1 fully saturated rings. The molecule has 31 heavy (non-hydrogen) atoms. The number of hydrogen-bond donors (Lipinski definition) is 0. The van der Waals surface area contributed by atoms with Gasteiger partial charge in [0.2, 0.25) is 0 Å². The number of anilines is 1. The molecule has 0 aliphatic carbocycles. The topological polar surface area (TPSA) is 53.0 Å². The molecule has 0 amide bonds. The molecule has 2 aliphatic rings. The maximum absolute atomic E-state index is 12.2. The van der Waals surface area contributed by atoms with Gasteiger partial charge in [0.15, 0.2) is 9.84 Å². The lowest BCUT2D eigenvalue weighted by Crippen LogP contribution is -2.48. The van der Waals surface area contributed by atoms with Crippen LogP contribution in [0.15, 0.2) is 58.4 Å².